The molecule has 0 unspecified atom stereocenters. The summed E-state index contributed by atoms with van der Waals surface area (Å²) in [4.78, 5) is 0. The average molecular weight is 1720 g/mol. The van der Waals surface area contributed by atoms with Gasteiger partial charge in [0.25, 0.3) is 0 Å². The van der Waals surface area contributed by atoms with E-state index in [4.69, 9.17) is 0 Å². The molecule has 0 N–H and O–H groups in total. The molecule has 0 atom stereocenters. The van der Waals surface area contributed by atoms with Gasteiger partial charge < -0.3 is 0 Å². The molecule has 0 heterocycles. The van der Waals surface area contributed by atoms with E-state index >= 15 is 0 Å². The Bertz CT molecular complexity index is 3840. The third kappa shape index (κ3) is 32.1. The Morgan fingerprint density at radius 3 is 0.138 bits per heavy atom. The van der Waals surface area contributed by atoms with E-state index in [1.807, 2.05) is 0 Å². The van der Waals surface area contributed by atoms with Gasteiger partial charge in [0.1, 0.15) is 0 Å². The van der Waals surface area contributed by atoms with Gasteiger partial charge in [-0.3, -0.25) is 0 Å². The lowest BCUT2D eigenvalue weighted by atomic mass is 9.92. The molecule has 130 heavy (non-hydrogen) atoms. The highest BCUT2D eigenvalue weighted by Crippen LogP contribution is 2.30. The van der Waals surface area contributed by atoms with Crippen molar-refractivity contribution in [3.8, 4) is 0 Å². The van der Waals surface area contributed by atoms with Crippen molar-refractivity contribution in [1.29, 1.82) is 0 Å². The van der Waals surface area contributed by atoms with Crippen LogP contribution < -0.4 is 0 Å². The Morgan fingerprint density at radius 1 is 0.0615 bits per heavy atom. The monoisotopic (exact) mass is 1720 g/mol. The van der Waals surface area contributed by atoms with Crippen molar-refractivity contribution in [3.63, 3.8) is 0 Å². The van der Waals surface area contributed by atoms with Crippen LogP contribution in [0.5, 0.6) is 0 Å². The number of aryl methyl sites for hydroxylation is 26. The first-order chi connectivity index (χ1) is 64.6. The molecule has 0 spiro atoms. The molecule has 0 nitrogen and oxygen atoms in total. The number of fused-ring (bicyclic) bond motifs is 13. The highest BCUT2D eigenvalue weighted by atomic mass is 14.2. The first kappa shape index (κ1) is 95.9. The molecule has 0 aliphatic heterocycles. The van der Waals surface area contributed by atoms with Crippen LogP contribution in [-0.4, -0.2) is 0 Å². The van der Waals surface area contributed by atoms with Crippen molar-refractivity contribution >= 4 is 0 Å². The molecule has 0 aromatic heterocycles. The standard InChI is InChI=1S/13C10H12/c13*1-2-6-10-8-4-3-7-9(10)5-1/h13*1-2,5-6H,3-4,7-8H2. The third-order valence-electron chi connectivity index (χ3n) is 29.4. The van der Waals surface area contributed by atoms with E-state index in [1.165, 1.54) is 334 Å². The molecule has 13 aromatic rings. The molecule has 0 radical (unpaired) electrons. The molecule has 0 heteroatoms. The minimum atomic E-state index is 1.30. The van der Waals surface area contributed by atoms with Gasteiger partial charge in [-0.1, -0.05) is 315 Å². The highest BCUT2D eigenvalue weighted by Gasteiger charge is 2.16. The van der Waals surface area contributed by atoms with Gasteiger partial charge in [-0.25, -0.2) is 0 Å². The maximum atomic E-state index is 2.26. The van der Waals surface area contributed by atoms with Crippen LogP contribution in [0, 0.1) is 0 Å². The fourth-order valence-corrected chi connectivity index (χ4v) is 21.8. The second kappa shape index (κ2) is 55.9. The lowest BCUT2D eigenvalue weighted by molar-refractivity contribution is 0.685. The number of rotatable bonds is 0. The normalized spacial score (nSPS) is 16.4. The van der Waals surface area contributed by atoms with Crippen LogP contribution in [0.15, 0.2) is 315 Å². The minimum Gasteiger partial charge on any atom is -0.0620 e. The average Bonchev–Trinajstić information content (AvgIpc) is 0.980. The van der Waals surface area contributed by atoms with Crippen LogP contribution >= 0.6 is 0 Å². The zero-order chi connectivity index (χ0) is 88.6. The van der Waals surface area contributed by atoms with E-state index in [1.54, 1.807) is 145 Å². The van der Waals surface area contributed by atoms with Crippen molar-refractivity contribution in [3.05, 3.63) is 460 Å². The van der Waals surface area contributed by atoms with E-state index < -0.39 is 0 Å². The Morgan fingerprint density at radius 2 is 0.100 bits per heavy atom. The topological polar surface area (TPSA) is 0 Å². The predicted octanol–water partition coefficient (Wildman–Crippen LogP) is 33.4. The minimum absolute atomic E-state index is 1.30. The van der Waals surface area contributed by atoms with Gasteiger partial charge in [-0.2, -0.15) is 0 Å². The van der Waals surface area contributed by atoms with E-state index in [-0.39, 0.29) is 0 Å². The van der Waals surface area contributed by atoms with Crippen molar-refractivity contribution in [2.24, 2.45) is 0 Å². The van der Waals surface area contributed by atoms with Crippen molar-refractivity contribution in [1.82, 2.24) is 0 Å². The molecule has 0 amide bonds. The molecule has 676 valence electrons. The van der Waals surface area contributed by atoms with E-state index in [9.17, 15) is 0 Å². The lowest BCUT2D eigenvalue weighted by Gasteiger charge is -2.13. The van der Waals surface area contributed by atoms with Gasteiger partial charge in [0.05, 0.1) is 0 Å². The maximum absolute atomic E-state index is 2.26. The van der Waals surface area contributed by atoms with Crippen LogP contribution in [0.2, 0.25) is 0 Å². The summed E-state index contributed by atoms with van der Waals surface area (Å²) >= 11 is 0. The largest absolute Gasteiger partial charge is 0.0620 e. The van der Waals surface area contributed by atoms with Crippen molar-refractivity contribution < 1.29 is 0 Å². The van der Waals surface area contributed by atoms with Gasteiger partial charge in [-0.15, -0.1) is 0 Å². The molecule has 13 aromatic carbocycles. The molecular formula is C130H156. The zero-order valence-corrected chi connectivity index (χ0v) is 79.8. The maximum Gasteiger partial charge on any atom is -0.0276 e. The van der Waals surface area contributed by atoms with Gasteiger partial charge in [0.15, 0.2) is 0 Å². The Hall–Kier alpha value is -10.1. The summed E-state index contributed by atoms with van der Waals surface area (Å²) in [6, 6.07) is 114. The first-order valence-corrected chi connectivity index (χ1v) is 52.4. The Labute approximate surface area is 788 Å². The molecule has 0 fully saturated rings. The number of hydrogen-bond donors (Lipinski definition) is 0. The van der Waals surface area contributed by atoms with E-state index in [0.717, 1.165) is 0 Å². The number of benzene rings is 13. The Kier molecular flexibility index (Phi) is 41.3. The summed E-state index contributed by atoms with van der Waals surface area (Å²) in [5.41, 5.74) is 41.0. The van der Waals surface area contributed by atoms with Gasteiger partial charge in [-0.05, 0) is 479 Å². The molecule has 13 aliphatic carbocycles. The Balaban J connectivity index is 0.000000114. The van der Waals surface area contributed by atoms with Crippen molar-refractivity contribution in [2.45, 2.75) is 334 Å². The van der Waals surface area contributed by atoms with Gasteiger partial charge in [0.2, 0.25) is 0 Å². The summed E-state index contributed by atoms with van der Waals surface area (Å²) < 4.78 is 0. The van der Waals surface area contributed by atoms with Gasteiger partial charge in [0, 0.05) is 0 Å². The second-order valence-electron chi connectivity index (χ2n) is 38.7. The van der Waals surface area contributed by atoms with Crippen LogP contribution in [-0.2, 0) is 167 Å². The van der Waals surface area contributed by atoms with Crippen LogP contribution in [0.1, 0.15) is 312 Å². The molecule has 26 rings (SSSR count). The molecule has 0 saturated carbocycles. The summed E-state index contributed by atoms with van der Waals surface area (Å²) in [5, 5.41) is 0. The molecule has 13 aliphatic rings. The van der Waals surface area contributed by atoms with Gasteiger partial charge >= 0.3 is 0 Å². The smallest absolute Gasteiger partial charge is 0.0276 e. The predicted molar refractivity (Wildman–Crippen MR) is 560 cm³/mol. The zero-order valence-electron chi connectivity index (χ0n) is 79.8. The first-order valence-electron chi connectivity index (χ1n) is 52.4. The highest BCUT2D eigenvalue weighted by molar-refractivity contribution is 5.38. The number of hydrogen-bond acceptors (Lipinski definition) is 0. The van der Waals surface area contributed by atoms with E-state index in [0.29, 0.717) is 0 Å². The fourth-order valence-electron chi connectivity index (χ4n) is 21.8. The SMILES string of the molecule is c1ccc2c(c1)CCCC2.c1ccc2c(c1)CCCC2.c1ccc2c(c1)CCCC2.c1ccc2c(c1)CCCC2.c1ccc2c(c1)CCCC2.c1ccc2c(c1)CCCC2.c1ccc2c(c1)CCCC2.c1ccc2c(c1)CCCC2.c1ccc2c(c1)CCCC2.c1ccc2c(c1)CCCC2.c1ccc2c(c1)CCCC2.c1ccc2c(c1)CCCC2.c1ccc2c(c1)CCCC2. The molecular weight excluding hydrogens is 1560 g/mol. The summed E-state index contributed by atoms with van der Waals surface area (Å²) in [6.07, 6.45) is 69.9. The third-order valence-corrected chi connectivity index (χ3v) is 29.4. The fraction of sp³-hybridized carbons (Fsp3) is 0.400. The summed E-state index contributed by atoms with van der Waals surface area (Å²) in [7, 11) is 0. The summed E-state index contributed by atoms with van der Waals surface area (Å²) in [6.45, 7) is 0. The van der Waals surface area contributed by atoms with Crippen molar-refractivity contribution in [2.75, 3.05) is 0 Å². The molecule has 0 bridgehead atoms. The van der Waals surface area contributed by atoms with E-state index in [2.05, 4.69) is 315 Å². The summed E-state index contributed by atoms with van der Waals surface area (Å²) in [5.74, 6) is 0. The van der Waals surface area contributed by atoms with Crippen LogP contribution in [0.25, 0.3) is 0 Å². The quantitative estimate of drug-likeness (QED) is 0.142. The lowest BCUT2D eigenvalue weighted by Crippen LogP contribution is -2.00. The molecule has 0 saturated heterocycles. The van der Waals surface area contributed by atoms with Crippen LogP contribution in [0.3, 0.4) is 0 Å². The second-order valence-corrected chi connectivity index (χ2v) is 38.7. The van der Waals surface area contributed by atoms with Crippen LogP contribution in [0.4, 0.5) is 0 Å².